The fourth-order valence-corrected chi connectivity index (χ4v) is 4.63. The second-order valence-corrected chi connectivity index (χ2v) is 7.79. The zero-order valence-electron chi connectivity index (χ0n) is 17.5. The molecule has 31 heavy (non-hydrogen) atoms. The van der Waals surface area contributed by atoms with E-state index in [9.17, 15) is 4.79 Å². The number of ether oxygens (including phenoxy) is 1. The van der Waals surface area contributed by atoms with Crippen LogP contribution in [-0.2, 0) is 4.74 Å². The first kappa shape index (κ1) is 19.4. The maximum atomic E-state index is 13.2. The van der Waals surface area contributed by atoms with E-state index in [1.807, 2.05) is 61.5 Å². The predicted octanol–water partition coefficient (Wildman–Crippen LogP) is 5.35. The summed E-state index contributed by atoms with van der Waals surface area (Å²) in [6, 6.07) is 30.5. The third-order valence-corrected chi connectivity index (χ3v) is 5.96. The molecule has 3 aromatic carbocycles. The second-order valence-electron chi connectivity index (χ2n) is 7.79. The summed E-state index contributed by atoms with van der Waals surface area (Å²) >= 11 is 0. The molecule has 2 aliphatic rings. The Kier molecular flexibility index (Phi) is 5.16. The van der Waals surface area contributed by atoms with Crippen molar-refractivity contribution < 1.29 is 9.53 Å². The minimum atomic E-state index is -0.354. The third-order valence-electron chi connectivity index (χ3n) is 5.96. The van der Waals surface area contributed by atoms with E-state index in [0.29, 0.717) is 12.6 Å². The van der Waals surface area contributed by atoms with Gasteiger partial charge in [-0.2, -0.15) is 0 Å². The van der Waals surface area contributed by atoms with Gasteiger partial charge in [0.15, 0.2) is 0 Å². The van der Waals surface area contributed by atoms with Crippen LogP contribution in [0, 0.1) is 0 Å². The van der Waals surface area contributed by atoms with Crippen molar-refractivity contribution in [3.63, 3.8) is 0 Å². The number of fused-ring (bicyclic) bond motifs is 1. The highest BCUT2D eigenvalue weighted by Gasteiger charge is 2.52. The van der Waals surface area contributed by atoms with Crippen LogP contribution < -0.4 is 0 Å². The maximum absolute atomic E-state index is 13.2. The van der Waals surface area contributed by atoms with Gasteiger partial charge in [-0.25, -0.2) is 14.7 Å². The maximum Gasteiger partial charge on any atom is 0.417 e. The Hall–Kier alpha value is -3.60. The zero-order chi connectivity index (χ0) is 21.2. The van der Waals surface area contributed by atoms with Crippen molar-refractivity contribution in [2.24, 2.45) is 4.99 Å². The van der Waals surface area contributed by atoms with Crippen LogP contribution in [-0.4, -0.2) is 35.0 Å². The summed E-state index contributed by atoms with van der Waals surface area (Å²) < 4.78 is 5.49. The van der Waals surface area contributed by atoms with Crippen LogP contribution in [0.3, 0.4) is 0 Å². The molecular formula is C26H25N3O2. The van der Waals surface area contributed by atoms with Crippen molar-refractivity contribution in [3.8, 4) is 0 Å². The van der Waals surface area contributed by atoms with Gasteiger partial charge in [0.05, 0.1) is 24.7 Å². The van der Waals surface area contributed by atoms with Gasteiger partial charge in [-0.1, -0.05) is 91.0 Å². The molecule has 5 nitrogen and oxygen atoms in total. The number of amides is 1. The van der Waals surface area contributed by atoms with Gasteiger partial charge in [0.25, 0.3) is 0 Å². The van der Waals surface area contributed by atoms with Crippen molar-refractivity contribution in [2.75, 3.05) is 13.2 Å². The largest absolute Gasteiger partial charge is 0.449 e. The Bertz CT molecular complexity index is 1070. The summed E-state index contributed by atoms with van der Waals surface area (Å²) in [5.41, 5.74) is 3.37. The van der Waals surface area contributed by atoms with Gasteiger partial charge in [-0.05, 0) is 23.6 Å². The molecule has 5 rings (SSSR count). The standard InChI is InChI=1S/C26H25N3O2/c1-2-31-26(30)29-24(21-16-10-5-11-17-21)23(20-14-8-4-9-15-20)28-18-22(27-25(28)29)19-12-6-3-7-13-19/h3-17,22-24H,2,18H2,1H3/t22-,23+,24+/m1/s1. The summed E-state index contributed by atoms with van der Waals surface area (Å²) in [5.74, 6) is 0.690. The van der Waals surface area contributed by atoms with Crippen LogP contribution in [0.25, 0.3) is 0 Å². The van der Waals surface area contributed by atoms with E-state index < -0.39 is 0 Å². The van der Waals surface area contributed by atoms with Crippen LogP contribution in [0.4, 0.5) is 4.79 Å². The molecule has 0 aliphatic carbocycles. The fraction of sp³-hybridized carbons (Fsp3) is 0.231. The molecule has 0 radical (unpaired) electrons. The van der Waals surface area contributed by atoms with Gasteiger partial charge >= 0.3 is 6.09 Å². The summed E-state index contributed by atoms with van der Waals surface area (Å²) in [7, 11) is 0. The molecule has 5 heteroatoms. The number of benzene rings is 3. The van der Waals surface area contributed by atoms with Crippen molar-refractivity contribution in [3.05, 3.63) is 108 Å². The van der Waals surface area contributed by atoms with E-state index in [4.69, 9.17) is 9.73 Å². The molecule has 0 N–H and O–H groups in total. The highest BCUT2D eigenvalue weighted by molar-refractivity contribution is 5.98. The zero-order valence-corrected chi connectivity index (χ0v) is 17.5. The van der Waals surface area contributed by atoms with Crippen LogP contribution in [0.2, 0.25) is 0 Å². The van der Waals surface area contributed by atoms with E-state index in [1.165, 1.54) is 0 Å². The number of carbonyl (C=O) groups is 1. The molecule has 0 spiro atoms. The molecule has 2 aliphatic heterocycles. The average Bonchev–Trinajstić information content (AvgIpc) is 3.38. The van der Waals surface area contributed by atoms with Gasteiger partial charge in [0.2, 0.25) is 5.96 Å². The first-order valence-corrected chi connectivity index (χ1v) is 10.7. The quantitative estimate of drug-likeness (QED) is 0.581. The fourth-order valence-electron chi connectivity index (χ4n) is 4.63. The monoisotopic (exact) mass is 411 g/mol. The Morgan fingerprint density at radius 3 is 1.90 bits per heavy atom. The van der Waals surface area contributed by atoms with Crippen molar-refractivity contribution >= 4 is 12.1 Å². The molecule has 0 unspecified atom stereocenters. The molecule has 1 fully saturated rings. The number of carbonyl (C=O) groups excluding carboxylic acids is 1. The Labute approximate surface area is 182 Å². The van der Waals surface area contributed by atoms with E-state index in [1.54, 1.807) is 4.90 Å². The normalized spacial score (nSPS) is 22.2. The minimum Gasteiger partial charge on any atom is -0.449 e. The summed E-state index contributed by atoms with van der Waals surface area (Å²) in [6.45, 7) is 2.88. The van der Waals surface area contributed by atoms with Gasteiger partial charge in [-0.3, -0.25) is 0 Å². The summed E-state index contributed by atoms with van der Waals surface area (Å²) in [6.07, 6.45) is -0.354. The van der Waals surface area contributed by atoms with E-state index in [0.717, 1.165) is 23.2 Å². The van der Waals surface area contributed by atoms with Gasteiger partial charge in [0.1, 0.15) is 0 Å². The van der Waals surface area contributed by atoms with Crippen LogP contribution in [0.5, 0.6) is 0 Å². The average molecular weight is 412 g/mol. The number of aliphatic imine (C=N–C) groups is 1. The molecule has 2 heterocycles. The molecule has 156 valence electrons. The highest BCUT2D eigenvalue weighted by atomic mass is 16.6. The van der Waals surface area contributed by atoms with Crippen LogP contribution in [0.1, 0.15) is 41.7 Å². The van der Waals surface area contributed by atoms with Crippen molar-refractivity contribution in [1.29, 1.82) is 0 Å². The summed E-state index contributed by atoms with van der Waals surface area (Å²) in [5, 5.41) is 0. The van der Waals surface area contributed by atoms with Crippen molar-refractivity contribution in [2.45, 2.75) is 25.0 Å². The second kappa shape index (κ2) is 8.26. The van der Waals surface area contributed by atoms with Crippen molar-refractivity contribution in [1.82, 2.24) is 9.80 Å². The summed E-state index contributed by atoms with van der Waals surface area (Å²) in [4.78, 5) is 22.2. The molecule has 3 atom stereocenters. The Balaban J connectivity index is 1.64. The lowest BCUT2D eigenvalue weighted by molar-refractivity contribution is 0.117. The van der Waals surface area contributed by atoms with E-state index in [2.05, 4.69) is 41.3 Å². The first-order chi connectivity index (χ1) is 15.3. The molecule has 3 aromatic rings. The third kappa shape index (κ3) is 3.46. The molecule has 1 amide bonds. The Morgan fingerprint density at radius 1 is 0.839 bits per heavy atom. The number of nitrogens with zero attached hydrogens (tertiary/aromatic N) is 3. The number of hydrogen-bond donors (Lipinski definition) is 0. The molecule has 0 saturated carbocycles. The number of guanidine groups is 1. The minimum absolute atomic E-state index is 0.0175. The molecular weight excluding hydrogens is 386 g/mol. The van der Waals surface area contributed by atoms with Gasteiger partial charge < -0.3 is 9.64 Å². The topological polar surface area (TPSA) is 45.1 Å². The molecule has 1 saturated heterocycles. The SMILES string of the molecule is CCOC(=O)N1C2=N[C@@H](c3ccccc3)CN2[C@@H](c2ccccc2)[C@@H]1c1ccccc1. The smallest absolute Gasteiger partial charge is 0.417 e. The Morgan fingerprint density at radius 2 is 1.35 bits per heavy atom. The van der Waals surface area contributed by atoms with E-state index in [-0.39, 0.29) is 24.2 Å². The predicted molar refractivity (Wildman–Crippen MR) is 121 cm³/mol. The van der Waals surface area contributed by atoms with Crippen LogP contribution >= 0.6 is 0 Å². The molecule has 0 aromatic heterocycles. The lowest BCUT2D eigenvalue weighted by Crippen LogP contribution is -2.37. The van der Waals surface area contributed by atoms with E-state index >= 15 is 0 Å². The number of hydrogen-bond acceptors (Lipinski definition) is 4. The lowest BCUT2D eigenvalue weighted by Gasteiger charge is -2.29. The highest BCUT2D eigenvalue weighted by Crippen LogP contribution is 2.48. The van der Waals surface area contributed by atoms with Crippen LogP contribution in [0.15, 0.2) is 96.0 Å². The van der Waals surface area contributed by atoms with Gasteiger partial charge in [0, 0.05) is 6.54 Å². The van der Waals surface area contributed by atoms with Gasteiger partial charge in [-0.15, -0.1) is 0 Å². The number of rotatable bonds is 4. The molecule has 0 bridgehead atoms. The first-order valence-electron chi connectivity index (χ1n) is 10.7. The lowest BCUT2D eigenvalue weighted by atomic mass is 9.93.